The standard InChI is InChI=1S/C12H14O4S/c1-7-4-5-9(17-7)6-10(12(15)16-3)8(2)11(13)14/h4-6,8H,1-3H3,(H,13,14)/b10-6+. The van der Waals surface area contributed by atoms with Crippen LogP contribution in [0.3, 0.4) is 0 Å². The van der Waals surface area contributed by atoms with Gasteiger partial charge in [0.15, 0.2) is 0 Å². The quantitative estimate of drug-likeness (QED) is 0.661. The SMILES string of the molecule is COC(=O)/C(=C/c1ccc(C)s1)C(C)C(=O)O. The molecule has 0 saturated heterocycles. The molecule has 92 valence electrons. The third kappa shape index (κ3) is 3.42. The van der Waals surface area contributed by atoms with Gasteiger partial charge in [-0.05, 0) is 32.1 Å². The summed E-state index contributed by atoms with van der Waals surface area (Å²) in [6.07, 6.45) is 1.57. The highest BCUT2D eigenvalue weighted by molar-refractivity contribution is 7.12. The van der Waals surface area contributed by atoms with Crippen molar-refractivity contribution < 1.29 is 19.4 Å². The van der Waals surface area contributed by atoms with Crippen molar-refractivity contribution in [2.24, 2.45) is 5.92 Å². The van der Waals surface area contributed by atoms with E-state index in [1.165, 1.54) is 25.4 Å². The maximum Gasteiger partial charge on any atom is 0.334 e. The van der Waals surface area contributed by atoms with E-state index in [4.69, 9.17) is 5.11 Å². The van der Waals surface area contributed by atoms with Crippen LogP contribution in [0.1, 0.15) is 16.7 Å². The largest absolute Gasteiger partial charge is 0.481 e. The maximum atomic E-state index is 11.5. The van der Waals surface area contributed by atoms with Gasteiger partial charge in [0.1, 0.15) is 0 Å². The van der Waals surface area contributed by atoms with Crippen LogP contribution in [0.25, 0.3) is 6.08 Å². The van der Waals surface area contributed by atoms with E-state index in [0.29, 0.717) is 0 Å². The van der Waals surface area contributed by atoms with Crippen molar-refractivity contribution in [1.82, 2.24) is 0 Å². The van der Waals surface area contributed by atoms with Gasteiger partial charge in [-0.2, -0.15) is 0 Å². The predicted octanol–water partition coefficient (Wildman–Crippen LogP) is 2.33. The van der Waals surface area contributed by atoms with E-state index in [1.54, 1.807) is 6.08 Å². The monoisotopic (exact) mass is 254 g/mol. The van der Waals surface area contributed by atoms with Gasteiger partial charge in [0.2, 0.25) is 0 Å². The molecule has 0 bridgehead atoms. The average molecular weight is 254 g/mol. The van der Waals surface area contributed by atoms with Crippen molar-refractivity contribution >= 4 is 29.4 Å². The zero-order valence-electron chi connectivity index (χ0n) is 9.89. The van der Waals surface area contributed by atoms with E-state index in [0.717, 1.165) is 9.75 Å². The molecule has 1 rings (SSSR count). The first-order valence-electron chi connectivity index (χ1n) is 5.05. The van der Waals surface area contributed by atoms with E-state index in [-0.39, 0.29) is 5.57 Å². The van der Waals surface area contributed by atoms with Gasteiger partial charge in [0, 0.05) is 9.75 Å². The number of rotatable bonds is 4. The minimum absolute atomic E-state index is 0.154. The summed E-state index contributed by atoms with van der Waals surface area (Å²) in [6.45, 7) is 3.41. The number of thiophene rings is 1. The molecule has 1 aromatic heterocycles. The minimum Gasteiger partial charge on any atom is -0.481 e. The van der Waals surface area contributed by atoms with E-state index >= 15 is 0 Å². The molecule has 0 radical (unpaired) electrons. The second kappa shape index (κ2) is 5.63. The molecule has 1 unspecified atom stereocenters. The molecule has 0 aromatic carbocycles. The van der Waals surface area contributed by atoms with Crippen LogP contribution in [0.4, 0.5) is 0 Å². The summed E-state index contributed by atoms with van der Waals surface area (Å²) in [7, 11) is 1.24. The lowest BCUT2D eigenvalue weighted by atomic mass is 10.0. The van der Waals surface area contributed by atoms with E-state index in [2.05, 4.69) is 4.74 Å². The maximum absolute atomic E-state index is 11.5. The summed E-state index contributed by atoms with van der Waals surface area (Å²) < 4.78 is 4.60. The molecular weight excluding hydrogens is 240 g/mol. The minimum atomic E-state index is -1.05. The van der Waals surface area contributed by atoms with Crippen LogP contribution >= 0.6 is 11.3 Å². The zero-order chi connectivity index (χ0) is 13.0. The van der Waals surface area contributed by atoms with Crippen LogP contribution in [0, 0.1) is 12.8 Å². The molecule has 1 N–H and O–H groups in total. The fourth-order valence-corrected chi connectivity index (χ4v) is 2.13. The molecule has 17 heavy (non-hydrogen) atoms. The molecule has 0 aliphatic carbocycles. The number of aryl methyl sites for hydroxylation is 1. The van der Waals surface area contributed by atoms with E-state index in [1.807, 2.05) is 19.1 Å². The van der Waals surface area contributed by atoms with Crippen molar-refractivity contribution in [1.29, 1.82) is 0 Å². The summed E-state index contributed by atoms with van der Waals surface area (Å²) in [4.78, 5) is 24.4. The summed E-state index contributed by atoms with van der Waals surface area (Å²) in [5, 5.41) is 8.93. The third-order valence-corrected chi connectivity index (χ3v) is 3.26. The molecule has 4 nitrogen and oxygen atoms in total. The van der Waals surface area contributed by atoms with Crippen molar-refractivity contribution in [3.63, 3.8) is 0 Å². The molecule has 1 heterocycles. The topological polar surface area (TPSA) is 63.6 Å². The van der Waals surface area contributed by atoms with Gasteiger partial charge in [-0.1, -0.05) is 0 Å². The van der Waals surface area contributed by atoms with Crippen LogP contribution in [-0.2, 0) is 14.3 Å². The van der Waals surface area contributed by atoms with E-state index < -0.39 is 17.9 Å². The fraction of sp³-hybridized carbons (Fsp3) is 0.333. The highest BCUT2D eigenvalue weighted by Crippen LogP contribution is 2.22. The van der Waals surface area contributed by atoms with Crippen LogP contribution in [0.2, 0.25) is 0 Å². The molecular formula is C12H14O4S. The van der Waals surface area contributed by atoms with Gasteiger partial charge < -0.3 is 9.84 Å². The molecule has 0 aliphatic heterocycles. The lowest BCUT2D eigenvalue weighted by Crippen LogP contribution is -2.19. The van der Waals surface area contributed by atoms with Gasteiger partial charge in [0.05, 0.1) is 18.6 Å². The van der Waals surface area contributed by atoms with Crippen molar-refractivity contribution in [2.45, 2.75) is 13.8 Å². The second-order valence-corrected chi connectivity index (χ2v) is 4.92. The molecule has 0 amide bonds. The lowest BCUT2D eigenvalue weighted by molar-refractivity contribution is -0.144. The smallest absolute Gasteiger partial charge is 0.334 e. The normalized spacial score (nSPS) is 13.2. The summed E-state index contributed by atoms with van der Waals surface area (Å²) in [5.74, 6) is -2.54. The lowest BCUT2D eigenvalue weighted by Gasteiger charge is -2.09. The Labute approximate surface area is 104 Å². The number of aliphatic carboxylic acids is 1. The number of esters is 1. The number of methoxy groups -OCH3 is 1. The molecule has 0 fully saturated rings. The number of carbonyl (C=O) groups excluding carboxylic acids is 1. The molecule has 5 heteroatoms. The molecule has 0 saturated carbocycles. The van der Waals surface area contributed by atoms with E-state index in [9.17, 15) is 9.59 Å². The van der Waals surface area contributed by atoms with Gasteiger partial charge in [0.25, 0.3) is 0 Å². The number of hydrogen-bond acceptors (Lipinski definition) is 4. The Bertz CT molecular complexity index is 459. The number of carboxylic acids is 1. The van der Waals surface area contributed by atoms with Crippen LogP contribution in [0.15, 0.2) is 17.7 Å². The number of carbonyl (C=O) groups is 2. The first kappa shape index (κ1) is 13.4. The Morgan fingerprint density at radius 3 is 2.53 bits per heavy atom. The van der Waals surface area contributed by atoms with Gasteiger partial charge in [-0.15, -0.1) is 11.3 Å². The number of ether oxygens (including phenoxy) is 1. The third-order valence-electron chi connectivity index (χ3n) is 2.32. The first-order valence-corrected chi connectivity index (χ1v) is 5.86. The number of carboxylic acid groups (broad SMARTS) is 1. The average Bonchev–Trinajstić information content (AvgIpc) is 2.69. The molecule has 0 aliphatic rings. The van der Waals surface area contributed by atoms with Gasteiger partial charge in [-0.3, -0.25) is 4.79 Å². The zero-order valence-corrected chi connectivity index (χ0v) is 10.7. The predicted molar refractivity (Wildman–Crippen MR) is 65.8 cm³/mol. The fourth-order valence-electron chi connectivity index (χ4n) is 1.30. The molecule has 1 aromatic rings. The molecule has 1 atom stereocenters. The Kier molecular flexibility index (Phi) is 4.45. The van der Waals surface area contributed by atoms with Gasteiger partial charge >= 0.3 is 11.9 Å². The van der Waals surface area contributed by atoms with Crippen molar-refractivity contribution in [2.75, 3.05) is 7.11 Å². The Morgan fingerprint density at radius 1 is 1.47 bits per heavy atom. The van der Waals surface area contributed by atoms with Crippen molar-refractivity contribution in [3.8, 4) is 0 Å². The summed E-state index contributed by atoms with van der Waals surface area (Å²) in [6, 6.07) is 3.76. The second-order valence-electron chi connectivity index (χ2n) is 3.60. The van der Waals surface area contributed by atoms with Crippen LogP contribution in [0.5, 0.6) is 0 Å². The Balaban J connectivity index is 3.10. The van der Waals surface area contributed by atoms with Crippen LogP contribution in [-0.4, -0.2) is 24.2 Å². The summed E-state index contributed by atoms with van der Waals surface area (Å²) >= 11 is 1.50. The van der Waals surface area contributed by atoms with Crippen LogP contribution < -0.4 is 0 Å². The van der Waals surface area contributed by atoms with Crippen molar-refractivity contribution in [3.05, 3.63) is 27.5 Å². The summed E-state index contributed by atoms with van der Waals surface area (Å²) in [5.41, 5.74) is 0.154. The van der Waals surface area contributed by atoms with Gasteiger partial charge in [-0.25, -0.2) is 4.79 Å². The first-order chi connectivity index (χ1) is 7.95. The Morgan fingerprint density at radius 2 is 2.12 bits per heavy atom. The Hall–Kier alpha value is -1.62. The molecule has 0 spiro atoms. The highest BCUT2D eigenvalue weighted by atomic mass is 32.1. The number of hydrogen-bond donors (Lipinski definition) is 1. The highest BCUT2D eigenvalue weighted by Gasteiger charge is 2.23.